The summed E-state index contributed by atoms with van der Waals surface area (Å²) in [4.78, 5) is 17.0. The summed E-state index contributed by atoms with van der Waals surface area (Å²) in [6, 6.07) is -1.07. The van der Waals surface area contributed by atoms with Crippen LogP contribution < -0.4 is 4.91 Å². The highest BCUT2D eigenvalue weighted by Gasteiger charge is 2.58. The van der Waals surface area contributed by atoms with Crippen LogP contribution in [0.3, 0.4) is 0 Å². The number of hydrogen-bond acceptors (Lipinski definition) is 6. The fourth-order valence-corrected chi connectivity index (χ4v) is 4.56. The maximum absolute atomic E-state index is 14.2. The van der Waals surface area contributed by atoms with E-state index in [1.165, 1.54) is 4.90 Å². The molecule has 186 valence electrons. The standard InChI is InChI=1S/C20H38F3N4O4Si/c1-17(2,3)30-16(28)27-14(12-29-19(27,7)8)15(31-32(9,10)18(4,5)6)13(11-25-26-24)20(21,22)23/h13-15,24H,11-12H2,1-10H3/q+1/t13-,14?,15+/m0/s1. The Morgan fingerprint density at radius 3 is 2.19 bits per heavy atom. The lowest BCUT2D eigenvalue weighted by Gasteiger charge is -2.45. The zero-order valence-electron chi connectivity index (χ0n) is 20.8. The quantitative estimate of drug-likeness (QED) is 0.307. The van der Waals surface area contributed by atoms with Crippen LogP contribution in [0.4, 0.5) is 18.0 Å². The molecule has 1 aliphatic rings. The zero-order chi connectivity index (χ0) is 25.3. The summed E-state index contributed by atoms with van der Waals surface area (Å²) in [7, 11) is -2.73. The van der Waals surface area contributed by atoms with Gasteiger partial charge in [0.05, 0.1) is 18.8 Å². The summed E-state index contributed by atoms with van der Waals surface area (Å²) in [6.45, 7) is 16.8. The van der Waals surface area contributed by atoms with Crippen molar-refractivity contribution in [2.45, 2.75) is 103 Å². The van der Waals surface area contributed by atoms with E-state index in [0.717, 1.165) is 0 Å². The molecule has 1 N–H and O–H groups in total. The minimum atomic E-state index is -4.70. The van der Waals surface area contributed by atoms with E-state index < -0.39 is 56.5 Å². The molecule has 0 aliphatic carbocycles. The number of amides is 1. The van der Waals surface area contributed by atoms with Crippen molar-refractivity contribution in [2.75, 3.05) is 13.2 Å². The highest BCUT2D eigenvalue weighted by atomic mass is 28.4. The number of ether oxygens (including phenoxy) is 2. The van der Waals surface area contributed by atoms with Crippen molar-refractivity contribution in [2.24, 2.45) is 11.0 Å². The number of nitrogens with zero attached hydrogens (tertiary/aromatic N) is 3. The summed E-state index contributed by atoms with van der Waals surface area (Å²) >= 11 is 0. The molecule has 0 aromatic heterocycles. The van der Waals surface area contributed by atoms with Crippen LogP contribution >= 0.6 is 0 Å². The Balaban J connectivity index is 3.59. The zero-order valence-corrected chi connectivity index (χ0v) is 21.8. The Bertz CT molecular complexity index is 726. The predicted octanol–water partition coefficient (Wildman–Crippen LogP) is 5.48. The van der Waals surface area contributed by atoms with E-state index in [9.17, 15) is 18.0 Å². The molecule has 3 atom stereocenters. The van der Waals surface area contributed by atoms with Gasteiger partial charge in [-0.2, -0.15) is 13.2 Å². The molecule has 0 aromatic carbocycles. The van der Waals surface area contributed by atoms with Crippen LogP contribution in [0.2, 0.25) is 18.1 Å². The molecule has 0 spiro atoms. The van der Waals surface area contributed by atoms with Gasteiger partial charge in [-0.3, -0.25) is 4.90 Å². The molecule has 0 radical (unpaired) electrons. The van der Waals surface area contributed by atoms with Gasteiger partial charge in [-0.1, -0.05) is 20.8 Å². The number of halogens is 3. The minimum absolute atomic E-state index is 0.157. The Kier molecular flexibility index (Phi) is 8.38. The van der Waals surface area contributed by atoms with E-state index in [-0.39, 0.29) is 11.6 Å². The summed E-state index contributed by atoms with van der Waals surface area (Å²) in [5, 5.41) is 2.94. The Morgan fingerprint density at radius 1 is 1.25 bits per heavy atom. The molecule has 0 aromatic rings. The first-order valence-electron chi connectivity index (χ1n) is 10.6. The van der Waals surface area contributed by atoms with Crippen molar-refractivity contribution in [1.29, 1.82) is 5.53 Å². The van der Waals surface area contributed by atoms with E-state index >= 15 is 0 Å². The maximum atomic E-state index is 14.2. The minimum Gasteiger partial charge on any atom is -0.444 e. The Hall–Kier alpha value is -1.49. The Labute approximate surface area is 189 Å². The summed E-state index contributed by atoms with van der Waals surface area (Å²) in [5.41, 5.74) is 4.80. The van der Waals surface area contributed by atoms with E-state index in [1.54, 1.807) is 34.6 Å². The predicted molar refractivity (Wildman–Crippen MR) is 116 cm³/mol. The largest absolute Gasteiger partial charge is 0.444 e. The molecule has 1 fully saturated rings. The number of carbonyl (C=O) groups excluding carboxylic acids is 1. The van der Waals surface area contributed by atoms with Crippen LogP contribution in [0, 0.1) is 11.4 Å². The maximum Gasteiger partial charge on any atom is 0.412 e. The van der Waals surface area contributed by atoms with Crippen LogP contribution in [0.1, 0.15) is 55.4 Å². The van der Waals surface area contributed by atoms with Gasteiger partial charge in [0.2, 0.25) is 4.91 Å². The van der Waals surface area contributed by atoms with Gasteiger partial charge in [0, 0.05) is 0 Å². The molecule has 32 heavy (non-hydrogen) atoms. The number of carbonyl (C=O) groups is 1. The first-order chi connectivity index (χ1) is 14.1. The smallest absolute Gasteiger partial charge is 0.412 e. The SMILES string of the molecule is CC(C)(C)OC(=O)N1C([C@H](O[Si](C)(C)C(C)(C)C)[C@H](CN=[N+]=N)C(F)(F)F)COC1(C)C. The summed E-state index contributed by atoms with van der Waals surface area (Å²) in [5.74, 6) is -2.09. The van der Waals surface area contributed by atoms with Gasteiger partial charge in [0.25, 0.3) is 0 Å². The first-order valence-corrected chi connectivity index (χ1v) is 13.5. The van der Waals surface area contributed by atoms with Crippen molar-refractivity contribution in [3.63, 3.8) is 0 Å². The average Bonchev–Trinajstić information content (AvgIpc) is 2.85. The van der Waals surface area contributed by atoms with Gasteiger partial charge < -0.3 is 13.9 Å². The molecular formula is C20H38F3N4O4Si+. The second-order valence-electron chi connectivity index (χ2n) is 11.1. The molecule has 1 saturated heterocycles. The van der Waals surface area contributed by atoms with Gasteiger partial charge in [-0.15, -0.1) is 0 Å². The second kappa shape index (κ2) is 9.40. The van der Waals surface area contributed by atoms with E-state index in [4.69, 9.17) is 19.4 Å². The van der Waals surface area contributed by atoms with Crippen molar-refractivity contribution in [3.8, 4) is 0 Å². The molecule has 8 nitrogen and oxygen atoms in total. The lowest BCUT2D eigenvalue weighted by molar-refractivity contribution is -0.201. The molecule has 0 saturated carbocycles. The highest BCUT2D eigenvalue weighted by molar-refractivity contribution is 6.74. The van der Waals surface area contributed by atoms with E-state index in [0.29, 0.717) is 0 Å². The van der Waals surface area contributed by atoms with Gasteiger partial charge in [0.1, 0.15) is 34.4 Å². The second-order valence-corrected chi connectivity index (χ2v) is 15.8. The van der Waals surface area contributed by atoms with Gasteiger partial charge >= 0.3 is 12.3 Å². The van der Waals surface area contributed by atoms with Crippen LogP contribution in [0.15, 0.2) is 5.11 Å². The topological polar surface area (TPSA) is 98.3 Å². The Morgan fingerprint density at radius 2 is 1.78 bits per heavy atom. The number of nitrogens with one attached hydrogen (secondary N) is 1. The van der Waals surface area contributed by atoms with Crippen LogP contribution in [0.5, 0.6) is 0 Å². The third-order valence-electron chi connectivity index (χ3n) is 5.89. The monoisotopic (exact) mass is 483 g/mol. The normalized spacial score (nSPS) is 21.7. The van der Waals surface area contributed by atoms with E-state index in [2.05, 4.69) is 10.0 Å². The van der Waals surface area contributed by atoms with Gasteiger partial charge in [-0.25, -0.2) is 4.79 Å². The molecule has 1 aliphatic heterocycles. The first kappa shape index (κ1) is 28.5. The van der Waals surface area contributed by atoms with Crippen LogP contribution in [-0.2, 0) is 13.9 Å². The summed E-state index contributed by atoms with van der Waals surface area (Å²) < 4.78 is 60.2. The average molecular weight is 484 g/mol. The van der Waals surface area contributed by atoms with Crippen LogP contribution in [-0.4, -0.2) is 62.1 Å². The number of rotatable bonds is 6. The van der Waals surface area contributed by atoms with Crippen molar-refractivity contribution >= 4 is 14.4 Å². The molecule has 1 heterocycles. The van der Waals surface area contributed by atoms with E-state index in [1.807, 2.05) is 33.9 Å². The number of hydrogen-bond donors (Lipinski definition) is 1. The van der Waals surface area contributed by atoms with Gasteiger partial charge in [-0.05, 0) is 52.8 Å². The third-order valence-corrected chi connectivity index (χ3v) is 10.4. The summed E-state index contributed by atoms with van der Waals surface area (Å²) in [6.07, 6.45) is -6.96. The lowest BCUT2D eigenvalue weighted by Crippen LogP contribution is -2.60. The van der Waals surface area contributed by atoms with Crippen molar-refractivity contribution < 1.29 is 31.9 Å². The fraction of sp³-hybridized carbons (Fsp3) is 0.950. The lowest BCUT2D eigenvalue weighted by atomic mass is 9.94. The molecule has 0 bridgehead atoms. The molecule has 12 heteroatoms. The molecule has 1 amide bonds. The molecule has 1 unspecified atom stereocenters. The highest BCUT2D eigenvalue weighted by Crippen LogP contribution is 2.44. The number of alkyl halides is 3. The van der Waals surface area contributed by atoms with Crippen molar-refractivity contribution in [3.05, 3.63) is 0 Å². The molecular weight excluding hydrogens is 445 g/mol. The van der Waals surface area contributed by atoms with Crippen LogP contribution in [0.25, 0.3) is 0 Å². The molecule has 1 rings (SSSR count). The van der Waals surface area contributed by atoms with Crippen molar-refractivity contribution in [1.82, 2.24) is 9.81 Å². The van der Waals surface area contributed by atoms with Gasteiger partial charge in [0.15, 0.2) is 8.32 Å². The fourth-order valence-electron chi connectivity index (χ4n) is 3.21. The third kappa shape index (κ3) is 7.00.